The molecule has 36 heavy (non-hydrogen) atoms. The van der Waals surface area contributed by atoms with Crippen molar-refractivity contribution in [2.45, 2.75) is 19.5 Å². The number of aromatic nitrogens is 2. The van der Waals surface area contributed by atoms with E-state index in [9.17, 15) is 4.79 Å². The van der Waals surface area contributed by atoms with E-state index >= 15 is 0 Å². The number of hydrogen-bond acceptors (Lipinski definition) is 4. The van der Waals surface area contributed by atoms with E-state index in [2.05, 4.69) is 56.9 Å². The van der Waals surface area contributed by atoms with E-state index in [0.29, 0.717) is 23.6 Å². The Hall–Kier alpha value is -3.25. The molecule has 1 aromatic heterocycles. The minimum absolute atomic E-state index is 0.118. The van der Waals surface area contributed by atoms with Gasteiger partial charge in [0.15, 0.2) is 5.78 Å². The highest BCUT2D eigenvalue weighted by Gasteiger charge is 2.20. The van der Waals surface area contributed by atoms with Crippen LogP contribution in [0.4, 0.5) is 0 Å². The van der Waals surface area contributed by atoms with Gasteiger partial charge in [-0.3, -0.25) is 14.6 Å². The Balaban J connectivity index is 1.20. The molecule has 0 aliphatic carbocycles. The van der Waals surface area contributed by atoms with Crippen molar-refractivity contribution in [1.82, 2.24) is 19.4 Å². The van der Waals surface area contributed by atoms with Crippen LogP contribution >= 0.6 is 11.6 Å². The number of halogens is 1. The van der Waals surface area contributed by atoms with Crippen molar-refractivity contribution in [3.8, 4) is 0 Å². The summed E-state index contributed by atoms with van der Waals surface area (Å²) in [6, 6.07) is 25.8. The number of carbonyl (C=O) groups excluding carboxylic acids is 1. The molecule has 1 aliphatic rings. The van der Waals surface area contributed by atoms with E-state index < -0.39 is 0 Å². The number of piperazine rings is 1. The SMILES string of the molecule is O=C(CCn1c(CN2CCN(C/C=C\c3ccccc3)CC2)nc2ccccc21)c1ccc(Cl)cc1. The number of aryl methyl sites for hydroxylation is 1. The Labute approximate surface area is 217 Å². The molecule has 1 fully saturated rings. The van der Waals surface area contributed by atoms with Crippen LogP contribution in [0.5, 0.6) is 0 Å². The first kappa shape index (κ1) is 24.4. The minimum atomic E-state index is 0.118. The van der Waals surface area contributed by atoms with Gasteiger partial charge < -0.3 is 4.57 Å². The topological polar surface area (TPSA) is 41.4 Å². The average molecular weight is 499 g/mol. The Kier molecular flexibility index (Phi) is 7.91. The molecule has 0 radical (unpaired) electrons. The third-order valence-electron chi connectivity index (χ3n) is 6.77. The number of Topliss-reactive ketones (excluding diaryl/α,β-unsaturated/α-hetero) is 1. The number of benzene rings is 3. The van der Waals surface area contributed by atoms with E-state index in [-0.39, 0.29) is 5.78 Å². The Morgan fingerprint density at radius 3 is 2.33 bits per heavy atom. The maximum Gasteiger partial charge on any atom is 0.164 e. The highest BCUT2D eigenvalue weighted by Crippen LogP contribution is 2.20. The van der Waals surface area contributed by atoms with Gasteiger partial charge in [0.1, 0.15) is 5.82 Å². The zero-order valence-corrected chi connectivity index (χ0v) is 21.1. The van der Waals surface area contributed by atoms with Crippen molar-refractivity contribution in [1.29, 1.82) is 0 Å². The lowest BCUT2D eigenvalue weighted by molar-refractivity contribution is 0.0976. The number of carbonyl (C=O) groups is 1. The summed E-state index contributed by atoms with van der Waals surface area (Å²) in [6.45, 7) is 6.45. The molecule has 4 aromatic rings. The monoisotopic (exact) mass is 498 g/mol. The second kappa shape index (κ2) is 11.7. The van der Waals surface area contributed by atoms with Crippen LogP contribution in [-0.4, -0.2) is 57.9 Å². The maximum absolute atomic E-state index is 12.8. The lowest BCUT2D eigenvalue weighted by atomic mass is 10.1. The average Bonchev–Trinajstić information content (AvgIpc) is 3.26. The molecule has 0 N–H and O–H groups in total. The third kappa shape index (κ3) is 6.11. The number of para-hydroxylation sites is 2. The fourth-order valence-corrected chi connectivity index (χ4v) is 4.85. The second-order valence-electron chi connectivity index (χ2n) is 9.24. The summed E-state index contributed by atoms with van der Waals surface area (Å²) in [5, 5.41) is 0.641. The quantitative estimate of drug-likeness (QED) is 0.274. The standard InChI is InChI=1S/C30H31ClN4O/c31-26-14-12-25(13-15-26)29(36)16-18-35-28-11-5-4-10-27(28)32-30(35)23-34-21-19-33(20-22-34)17-6-9-24-7-2-1-3-8-24/h1-15H,16-23H2/b9-6-. The Bertz CT molecular complexity index is 1320. The van der Waals surface area contributed by atoms with Crippen molar-refractivity contribution in [2.24, 2.45) is 0 Å². The summed E-state index contributed by atoms with van der Waals surface area (Å²) in [4.78, 5) is 22.7. The zero-order chi connectivity index (χ0) is 24.7. The highest BCUT2D eigenvalue weighted by atomic mass is 35.5. The summed E-state index contributed by atoms with van der Waals surface area (Å²) >= 11 is 5.98. The number of fused-ring (bicyclic) bond motifs is 1. The number of imidazole rings is 1. The van der Waals surface area contributed by atoms with Gasteiger partial charge in [0.2, 0.25) is 0 Å². The summed E-state index contributed by atoms with van der Waals surface area (Å²) in [7, 11) is 0. The van der Waals surface area contributed by atoms with Gasteiger partial charge in [0.05, 0.1) is 17.6 Å². The van der Waals surface area contributed by atoms with Crippen LogP contribution in [0, 0.1) is 0 Å². The molecule has 3 aromatic carbocycles. The van der Waals surface area contributed by atoms with Gasteiger partial charge in [0, 0.05) is 56.3 Å². The first-order valence-electron chi connectivity index (χ1n) is 12.5. The first-order chi connectivity index (χ1) is 17.7. The Morgan fingerprint density at radius 1 is 0.861 bits per heavy atom. The first-order valence-corrected chi connectivity index (χ1v) is 12.9. The maximum atomic E-state index is 12.8. The summed E-state index contributed by atoms with van der Waals surface area (Å²) in [5.74, 6) is 1.14. The second-order valence-corrected chi connectivity index (χ2v) is 9.67. The van der Waals surface area contributed by atoms with Crippen LogP contribution in [-0.2, 0) is 13.1 Å². The predicted molar refractivity (Wildman–Crippen MR) is 147 cm³/mol. The molecule has 0 spiro atoms. The molecule has 184 valence electrons. The van der Waals surface area contributed by atoms with Crippen molar-refractivity contribution in [2.75, 3.05) is 32.7 Å². The molecule has 1 aliphatic heterocycles. The van der Waals surface area contributed by atoms with Gasteiger partial charge in [-0.15, -0.1) is 0 Å². The Morgan fingerprint density at radius 2 is 1.56 bits per heavy atom. The fraction of sp³-hybridized carbons (Fsp3) is 0.267. The number of ketones is 1. The molecule has 6 heteroatoms. The molecule has 5 rings (SSSR count). The van der Waals surface area contributed by atoms with Crippen molar-refractivity contribution in [3.05, 3.63) is 107 Å². The van der Waals surface area contributed by atoms with E-state index in [1.54, 1.807) is 24.3 Å². The number of nitrogens with zero attached hydrogens (tertiary/aromatic N) is 4. The van der Waals surface area contributed by atoms with Crippen molar-refractivity contribution in [3.63, 3.8) is 0 Å². The van der Waals surface area contributed by atoms with Gasteiger partial charge in [-0.2, -0.15) is 0 Å². The molecule has 0 amide bonds. The van der Waals surface area contributed by atoms with Gasteiger partial charge in [-0.25, -0.2) is 4.98 Å². The van der Waals surface area contributed by atoms with Crippen LogP contribution in [0.1, 0.15) is 28.2 Å². The molecule has 0 saturated carbocycles. The van der Waals surface area contributed by atoms with Crippen LogP contribution in [0.2, 0.25) is 5.02 Å². The van der Waals surface area contributed by atoms with E-state index in [0.717, 1.165) is 56.1 Å². The number of rotatable bonds is 9. The van der Waals surface area contributed by atoms with Crippen molar-refractivity contribution < 1.29 is 4.79 Å². The molecule has 1 saturated heterocycles. The molecule has 0 unspecified atom stereocenters. The third-order valence-corrected chi connectivity index (χ3v) is 7.02. The molecular formula is C30H31ClN4O. The predicted octanol–water partition coefficient (Wildman–Crippen LogP) is 5.79. The van der Waals surface area contributed by atoms with Gasteiger partial charge in [0.25, 0.3) is 0 Å². The van der Waals surface area contributed by atoms with Crippen molar-refractivity contribution >= 4 is 34.5 Å². The van der Waals surface area contributed by atoms with Crippen LogP contribution in [0.25, 0.3) is 17.1 Å². The summed E-state index contributed by atoms with van der Waals surface area (Å²) < 4.78 is 2.22. The van der Waals surface area contributed by atoms with Crippen LogP contribution < -0.4 is 0 Å². The van der Waals surface area contributed by atoms with Crippen LogP contribution in [0.3, 0.4) is 0 Å². The normalized spacial score (nSPS) is 15.1. The minimum Gasteiger partial charge on any atom is -0.326 e. The van der Waals surface area contributed by atoms with Gasteiger partial charge in [-0.1, -0.05) is 66.2 Å². The largest absolute Gasteiger partial charge is 0.326 e. The summed E-state index contributed by atoms with van der Waals surface area (Å²) in [6.07, 6.45) is 4.87. The number of hydrogen-bond donors (Lipinski definition) is 0. The van der Waals surface area contributed by atoms with E-state index in [1.807, 2.05) is 24.3 Å². The lowest BCUT2D eigenvalue weighted by Gasteiger charge is -2.34. The molecule has 0 bridgehead atoms. The molecule has 0 atom stereocenters. The van der Waals surface area contributed by atoms with Gasteiger partial charge >= 0.3 is 0 Å². The van der Waals surface area contributed by atoms with E-state index in [1.165, 1.54) is 5.56 Å². The van der Waals surface area contributed by atoms with Gasteiger partial charge in [-0.05, 0) is 42.0 Å². The molecule has 5 nitrogen and oxygen atoms in total. The van der Waals surface area contributed by atoms with E-state index in [4.69, 9.17) is 16.6 Å². The summed E-state index contributed by atoms with van der Waals surface area (Å²) in [5.41, 5.74) is 4.00. The molecule has 2 heterocycles. The lowest BCUT2D eigenvalue weighted by Crippen LogP contribution is -2.46. The molecular weight excluding hydrogens is 468 g/mol. The highest BCUT2D eigenvalue weighted by molar-refractivity contribution is 6.30. The fourth-order valence-electron chi connectivity index (χ4n) is 4.72. The zero-order valence-electron chi connectivity index (χ0n) is 20.4. The smallest absolute Gasteiger partial charge is 0.164 e. The van der Waals surface area contributed by atoms with Crippen LogP contribution in [0.15, 0.2) is 84.9 Å².